The molecule has 3 amide bonds. The molecule has 21 heteroatoms. The van der Waals surface area contributed by atoms with E-state index < -0.39 is 37.7 Å². The van der Waals surface area contributed by atoms with Crippen molar-refractivity contribution in [1.82, 2.24) is 14.7 Å². The minimum atomic E-state index is -4.17. The molecule has 2 heterocycles. The monoisotopic (exact) mass is 1020 g/mol. The predicted molar refractivity (Wildman–Crippen MR) is 264 cm³/mol. The molecule has 0 spiro atoms. The Bertz CT molecular complexity index is 3120. The van der Waals surface area contributed by atoms with Gasteiger partial charge in [0.05, 0.1) is 36.9 Å². The number of sulfonamides is 2. The van der Waals surface area contributed by atoms with Crippen LogP contribution >= 0.6 is 0 Å². The van der Waals surface area contributed by atoms with Crippen LogP contribution in [0.2, 0.25) is 0 Å². The van der Waals surface area contributed by atoms with E-state index in [1.807, 2.05) is 27.7 Å². The van der Waals surface area contributed by atoms with Gasteiger partial charge < -0.3 is 25.2 Å². The van der Waals surface area contributed by atoms with E-state index in [9.17, 15) is 49.9 Å². The average molecular weight is 1020 g/mol. The number of carboxylic acids is 1. The second kappa shape index (κ2) is 24.8. The van der Waals surface area contributed by atoms with Crippen LogP contribution in [0.3, 0.4) is 0 Å². The number of carboxylic acid groups (broad SMARTS) is 1. The molecule has 0 saturated heterocycles. The van der Waals surface area contributed by atoms with Crippen molar-refractivity contribution in [3.8, 4) is 34.0 Å². The molecule has 17 nitrogen and oxygen atoms in total. The van der Waals surface area contributed by atoms with Gasteiger partial charge in [-0.25, -0.2) is 45.4 Å². The van der Waals surface area contributed by atoms with Gasteiger partial charge in [0.1, 0.15) is 11.6 Å². The number of carbonyl (C=O) groups is 4. The Labute approximate surface area is 411 Å². The molecule has 0 radical (unpaired) electrons. The van der Waals surface area contributed by atoms with Crippen LogP contribution in [0.5, 0.6) is 11.8 Å². The molecule has 376 valence electrons. The summed E-state index contributed by atoms with van der Waals surface area (Å²) in [7, 11) is -4.88. The Morgan fingerprint density at radius 1 is 0.620 bits per heavy atom. The van der Waals surface area contributed by atoms with E-state index in [0.717, 1.165) is 0 Å². The molecule has 4 aromatic carbocycles. The number of ether oxygens (including phenoxy) is 2. The van der Waals surface area contributed by atoms with Crippen molar-refractivity contribution in [2.24, 2.45) is 5.14 Å². The first-order valence-electron chi connectivity index (χ1n) is 21.5. The Morgan fingerprint density at radius 3 is 1.37 bits per heavy atom. The number of aliphatic carboxylic acids is 1. The standard InChI is InChI=1S/C25H26FN3O5S.C17H18FNO3.C8H10N2O3S/c1-15(2)21-12-18(26)13-22(17-9-10-27-25(11-17)34-4)23(21)14-24(31)29-35(32,33)20-7-5-19(6-8-20)28-16(3)30;1-10(2)13-7-12(18)8-14(15(13)9-17(20)21)11-4-5-19-16(6-11)22-3;1-6(11)10-7-2-4-8(5-3-7)14(9,12)13/h5-13,15H,14H2,1-4H3,(H,28,30)(H,29,31);4-8,10H,9H2,1-3H3,(H,20,21);2-5H,1H3,(H,10,11)(H2,9,12,13). The summed E-state index contributed by atoms with van der Waals surface area (Å²) >= 11 is 0. The highest BCUT2D eigenvalue weighted by Gasteiger charge is 2.23. The number of nitrogens with two attached hydrogens (primary N) is 1. The maximum absolute atomic E-state index is 14.5. The van der Waals surface area contributed by atoms with Crippen LogP contribution in [0.15, 0.2) is 119 Å². The lowest BCUT2D eigenvalue weighted by atomic mass is 9.88. The molecular formula is C50H54F2N6O11S2. The Hall–Kier alpha value is -7.62. The number of anilines is 2. The molecular weight excluding hydrogens is 963 g/mol. The molecule has 71 heavy (non-hydrogen) atoms. The number of nitrogens with zero attached hydrogens (tertiary/aromatic N) is 2. The number of pyridine rings is 2. The van der Waals surface area contributed by atoms with Crippen LogP contribution in [-0.2, 0) is 52.1 Å². The minimum absolute atomic E-state index is 0.0200. The van der Waals surface area contributed by atoms with Crippen molar-refractivity contribution in [2.75, 3.05) is 24.9 Å². The van der Waals surface area contributed by atoms with E-state index in [1.165, 1.54) is 107 Å². The fraction of sp³-hybridized carbons (Fsp3) is 0.240. The number of methoxy groups -OCH3 is 2. The van der Waals surface area contributed by atoms with E-state index in [1.54, 1.807) is 30.5 Å². The van der Waals surface area contributed by atoms with E-state index in [0.29, 0.717) is 67.6 Å². The van der Waals surface area contributed by atoms with Crippen LogP contribution in [0.25, 0.3) is 22.3 Å². The van der Waals surface area contributed by atoms with Crippen molar-refractivity contribution in [3.63, 3.8) is 0 Å². The third-order valence-electron chi connectivity index (χ3n) is 10.2. The quantitative estimate of drug-likeness (QED) is 0.0654. The zero-order valence-corrected chi connectivity index (χ0v) is 41.7. The first kappa shape index (κ1) is 56.0. The van der Waals surface area contributed by atoms with Gasteiger partial charge in [0.2, 0.25) is 39.5 Å². The van der Waals surface area contributed by atoms with Gasteiger partial charge in [-0.1, -0.05) is 27.7 Å². The molecule has 6 N–H and O–H groups in total. The maximum Gasteiger partial charge on any atom is 0.307 e. The van der Waals surface area contributed by atoms with Crippen LogP contribution in [-0.4, -0.2) is 69.8 Å². The van der Waals surface area contributed by atoms with Crippen molar-refractivity contribution >= 4 is 55.1 Å². The number of primary sulfonamides is 1. The number of amides is 3. The number of carbonyl (C=O) groups excluding carboxylic acids is 3. The van der Waals surface area contributed by atoms with Crippen molar-refractivity contribution in [2.45, 2.75) is 76.0 Å². The van der Waals surface area contributed by atoms with Gasteiger partial charge in [-0.05, 0) is 141 Å². The molecule has 0 aliphatic heterocycles. The number of halogens is 2. The lowest BCUT2D eigenvalue weighted by molar-refractivity contribution is -0.136. The Balaban J connectivity index is 0.000000258. The van der Waals surface area contributed by atoms with Gasteiger partial charge in [0.15, 0.2) is 0 Å². The van der Waals surface area contributed by atoms with Crippen LogP contribution < -0.4 is 30.0 Å². The van der Waals surface area contributed by atoms with Gasteiger partial charge in [0, 0.05) is 49.7 Å². The summed E-state index contributed by atoms with van der Waals surface area (Å²) in [5, 5.41) is 19.1. The first-order valence-corrected chi connectivity index (χ1v) is 24.6. The fourth-order valence-electron chi connectivity index (χ4n) is 7.04. The number of rotatable bonds is 15. The van der Waals surface area contributed by atoms with E-state index >= 15 is 0 Å². The number of nitrogens with one attached hydrogen (secondary N) is 3. The Kier molecular flexibility index (Phi) is 19.5. The van der Waals surface area contributed by atoms with Crippen molar-refractivity contribution in [1.29, 1.82) is 0 Å². The van der Waals surface area contributed by atoms with Gasteiger partial charge in [-0.15, -0.1) is 0 Å². The Morgan fingerprint density at radius 2 is 1.01 bits per heavy atom. The molecule has 6 aromatic rings. The van der Waals surface area contributed by atoms with Gasteiger partial charge in [0.25, 0.3) is 10.0 Å². The summed E-state index contributed by atoms with van der Waals surface area (Å²) in [6.07, 6.45) is 2.61. The average Bonchev–Trinajstić information content (AvgIpc) is 3.29. The first-order chi connectivity index (χ1) is 33.3. The van der Waals surface area contributed by atoms with Crippen LogP contribution in [0, 0.1) is 11.6 Å². The SMILES string of the molecule is CC(=O)Nc1ccc(S(N)(=O)=O)cc1.COc1cc(-c2cc(F)cc(C(C)C)c2CC(=O)NS(=O)(=O)c2ccc(NC(C)=O)cc2)ccn1.COc1cc(-c2cc(F)cc(C(C)C)c2CC(=O)O)ccn1. The van der Waals surface area contributed by atoms with Gasteiger partial charge in [-0.3, -0.25) is 19.2 Å². The topological polar surface area (TPSA) is 263 Å². The van der Waals surface area contributed by atoms with Crippen LogP contribution in [0.4, 0.5) is 20.2 Å². The van der Waals surface area contributed by atoms with E-state index in [4.69, 9.17) is 14.6 Å². The smallest absolute Gasteiger partial charge is 0.307 e. The molecule has 0 bridgehead atoms. The fourth-order valence-corrected chi connectivity index (χ4v) is 8.54. The zero-order chi connectivity index (χ0) is 52.8. The molecule has 0 fully saturated rings. The third-order valence-corrected chi connectivity index (χ3v) is 12.5. The molecule has 2 aromatic heterocycles. The lowest BCUT2D eigenvalue weighted by Crippen LogP contribution is -2.32. The minimum Gasteiger partial charge on any atom is -0.481 e. The summed E-state index contributed by atoms with van der Waals surface area (Å²) in [6.45, 7) is 10.3. The van der Waals surface area contributed by atoms with Gasteiger partial charge in [-0.2, -0.15) is 0 Å². The predicted octanol–water partition coefficient (Wildman–Crippen LogP) is 7.96. The molecule has 0 saturated carbocycles. The van der Waals surface area contributed by atoms with Gasteiger partial charge >= 0.3 is 5.97 Å². The summed E-state index contributed by atoms with van der Waals surface area (Å²) < 4.78 is 88.1. The summed E-state index contributed by atoms with van der Waals surface area (Å²) in [5.74, 6) is -2.49. The molecule has 0 aliphatic carbocycles. The maximum atomic E-state index is 14.5. The highest BCUT2D eigenvalue weighted by atomic mass is 32.2. The van der Waals surface area contributed by atoms with E-state index in [-0.39, 0.29) is 52.1 Å². The largest absolute Gasteiger partial charge is 0.481 e. The van der Waals surface area contributed by atoms with Crippen molar-refractivity contribution < 1.29 is 59.4 Å². The van der Waals surface area contributed by atoms with Crippen molar-refractivity contribution in [3.05, 3.63) is 143 Å². The second-order valence-corrected chi connectivity index (χ2v) is 19.5. The van der Waals surface area contributed by atoms with E-state index in [2.05, 4.69) is 25.3 Å². The van der Waals surface area contributed by atoms with Crippen LogP contribution in [0.1, 0.15) is 75.6 Å². The number of hydrogen-bond donors (Lipinski definition) is 5. The summed E-state index contributed by atoms with van der Waals surface area (Å²) in [5.41, 5.74) is 5.64. The normalized spacial score (nSPS) is 11.1. The number of hydrogen-bond acceptors (Lipinski definition) is 12. The molecule has 0 atom stereocenters. The zero-order valence-electron chi connectivity index (χ0n) is 40.0. The third kappa shape index (κ3) is 16.5. The molecule has 6 rings (SSSR count). The second-order valence-electron chi connectivity index (χ2n) is 16.3. The molecule has 0 aliphatic rings. The highest BCUT2D eigenvalue weighted by Crippen LogP contribution is 2.35. The lowest BCUT2D eigenvalue weighted by Gasteiger charge is -2.18. The highest BCUT2D eigenvalue weighted by molar-refractivity contribution is 7.90. The summed E-state index contributed by atoms with van der Waals surface area (Å²) in [4.78, 5) is 53.9. The number of aromatic nitrogens is 2. The summed E-state index contributed by atoms with van der Waals surface area (Å²) in [6, 6.07) is 23.1. The number of benzene rings is 4. The molecule has 0 unspecified atom stereocenters.